The van der Waals surface area contributed by atoms with Crippen LogP contribution in [-0.2, 0) is 4.74 Å². The van der Waals surface area contributed by atoms with Crippen LogP contribution in [0.5, 0.6) is 0 Å². The second kappa shape index (κ2) is 6.23. The van der Waals surface area contributed by atoms with E-state index >= 15 is 0 Å². The Morgan fingerprint density at radius 2 is 2.00 bits per heavy atom. The predicted molar refractivity (Wildman–Crippen MR) is 73.4 cm³/mol. The molecule has 4 nitrogen and oxygen atoms in total. The first-order valence-corrected chi connectivity index (χ1v) is 6.75. The second-order valence-electron chi connectivity index (χ2n) is 5.85. The fourth-order valence-electron chi connectivity index (χ4n) is 2.13. The fraction of sp³-hybridized carbons (Fsp3) is 0.786. The van der Waals surface area contributed by atoms with Crippen LogP contribution in [0.1, 0.15) is 47.0 Å². The van der Waals surface area contributed by atoms with Crippen molar-refractivity contribution in [3.05, 3.63) is 12.2 Å². The summed E-state index contributed by atoms with van der Waals surface area (Å²) in [6.45, 7) is 8.41. The third kappa shape index (κ3) is 4.33. The summed E-state index contributed by atoms with van der Waals surface area (Å²) in [6, 6.07) is 0.0684. The summed E-state index contributed by atoms with van der Waals surface area (Å²) in [7, 11) is 0. The monoisotopic (exact) mass is 254 g/mol. The van der Waals surface area contributed by atoms with Crippen LogP contribution in [0.25, 0.3) is 0 Å². The molecule has 0 bridgehead atoms. The summed E-state index contributed by atoms with van der Waals surface area (Å²) >= 11 is 0. The number of carbonyl (C=O) groups is 1. The van der Waals surface area contributed by atoms with Gasteiger partial charge >= 0.3 is 6.09 Å². The number of carbonyl (C=O) groups excluding carboxylic acids is 1. The summed E-state index contributed by atoms with van der Waals surface area (Å²) < 4.78 is 5.46. The van der Waals surface area contributed by atoms with Crippen LogP contribution in [0.2, 0.25) is 0 Å². The predicted octanol–water partition coefficient (Wildman–Crippen LogP) is 2.68. The quantitative estimate of drug-likeness (QED) is 0.788. The zero-order valence-corrected chi connectivity index (χ0v) is 12.0. The van der Waals surface area contributed by atoms with E-state index in [2.05, 4.69) is 19.1 Å². The number of hydrogen-bond donors (Lipinski definition) is 1. The van der Waals surface area contributed by atoms with Crippen molar-refractivity contribution in [3.63, 3.8) is 0 Å². The van der Waals surface area contributed by atoms with Gasteiger partial charge in [-0.25, -0.2) is 4.79 Å². The minimum atomic E-state index is -0.461. The van der Waals surface area contributed by atoms with Crippen molar-refractivity contribution in [2.24, 2.45) is 5.73 Å². The van der Waals surface area contributed by atoms with E-state index in [1.54, 1.807) is 4.90 Å². The van der Waals surface area contributed by atoms with Crippen molar-refractivity contribution in [2.75, 3.05) is 6.54 Å². The Morgan fingerprint density at radius 3 is 2.50 bits per heavy atom. The van der Waals surface area contributed by atoms with Crippen molar-refractivity contribution in [2.45, 2.75) is 64.6 Å². The smallest absolute Gasteiger partial charge is 0.410 e. The molecule has 104 valence electrons. The average molecular weight is 254 g/mol. The maximum absolute atomic E-state index is 12.2. The molecule has 0 aromatic carbocycles. The molecular formula is C14H26N2O2. The van der Waals surface area contributed by atoms with Crippen molar-refractivity contribution in [3.8, 4) is 0 Å². The Labute approximate surface area is 110 Å². The fourth-order valence-corrected chi connectivity index (χ4v) is 2.13. The van der Waals surface area contributed by atoms with Gasteiger partial charge in [-0.15, -0.1) is 0 Å². The second-order valence-corrected chi connectivity index (χ2v) is 5.85. The molecule has 1 aliphatic carbocycles. The molecule has 1 aliphatic rings. The Morgan fingerprint density at radius 1 is 1.39 bits per heavy atom. The molecule has 1 unspecified atom stereocenters. The van der Waals surface area contributed by atoms with Crippen LogP contribution in [0.3, 0.4) is 0 Å². The molecule has 2 N–H and O–H groups in total. The molecule has 0 heterocycles. The maximum atomic E-state index is 12.2. The molecule has 0 saturated carbocycles. The van der Waals surface area contributed by atoms with Gasteiger partial charge in [0.15, 0.2) is 0 Å². The van der Waals surface area contributed by atoms with E-state index in [0.29, 0.717) is 6.54 Å². The number of hydrogen-bond acceptors (Lipinski definition) is 3. The zero-order chi connectivity index (χ0) is 13.8. The van der Waals surface area contributed by atoms with Gasteiger partial charge in [0.05, 0.1) is 6.04 Å². The van der Waals surface area contributed by atoms with Crippen LogP contribution in [0.15, 0.2) is 12.2 Å². The van der Waals surface area contributed by atoms with Gasteiger partial charge in [-0.2, -0.15) is 0 Å². The van der Waals surface area contributed by atoms with E-state index in [1.807, 2.05) is 20.8 Å². The highest BCUT2D eigenvalue weighted by Crippen LogP contribution is 2.20. The lowest BCUT2D eigenvalue weighted by atomic mass is 9.95. The van der Waals surface area contributed by atoms with Crippen molar-refractivity contribution < 1.29 is 9.53 Å². The average Bonchev–Trinajstić information content (AvgIpc) is 2.24. The molecule has 0 fully saturated rings. The number of ether oxygens (including phenoxy) is 1. The molecule has 0 radical (unpaired) electrons. The Balaban J connectivity index is 2.75. The Kier molecular flexibility index (Phi) is 5.20. The molecule has 0 saturated heterocycles. The van der Waals surface area contributed by atoms with Crippen LogP contribution in [0, 0.1) is 0 Å². The highest BCUT2D eigenvalue weighted by atomic mass is 16.6. The van der Waals surface area contributed by atoms with Gasteiger partial charge in [-0.1, -0.05) is 19.1 Å². The SMILES string of the molecule is CCCN(C(=O)OC(C)(C)C)[C@@H]1CC=CCC1N. The molecule has 0 aromatic heterocycles. The van der Waals surface area contributed by atoms with Gasteiger partial charge < -0.3 is 15.4 Å². The summed E-state index contributed by atoms with van der Waals surface area (Å²) in [5, 5.41) is 0. The number of rotatable bonds is 3. The molecule has 0 aliphatic heterocycles. The summed E-state index contributed by atoms with van der Waals surface area (Å²) in [6.07, 6.45) is 6.49. The van der Waals surface area contributed by atoms with Crippen molar-refractivity contribution in [1.29, 1.82) is 0 Å². The highest BCUT2D eigenvalue weighted by molar-refractivity contribution is 5.68. The Bertz CT molecular complexity index is 307. The minimum absolute atomic E-state index is 0.00840. The van der Waals surface area contributed by atoms with E-state index in [4.69, 9.17) is 10.5 Å². The standard InChI is InChI=1S/C14H26N2O2/c1-5-10-16(13(17)18-14(2,3)4)12-9-7-6-8-11(12)15/h6-7,11-12H,5,8-10,15H2,1-4H3/t11?,12-/m1/s1. The van der Waals surface area contributed by atoms with Gasteiger partial charge in [0.25, 0.3) is 0 Å². The maximum Gasteiger partial charge on any atom is 0.410 e. The lowest BCUT2D eigenvalue weighted by Gasteiger charge is -2.37. The van der Waals surface area contributed by atoms with Gasteiger partial charge in [-0.3, -0.25) is 0 Å². The van der Waals surface area contributed by atoms with E-state index in [-0.39, 0.29) is 18.2 Å². The number of nitrogens with zero attached hydrogens (tertiary/aromatic N) is 1. The molecule has 2 atom stereocenters. The normalized spacial score (nSPS) is 23.8. The van der Waals surface area contributed by atoms with Gasteiger partial charge in [-0.05, 0) is 40.0 Å². The molecule has 0 spiro atoms. The van der Waals surface area contributed by atoms with Gasteiger partial charge in [0.2, 0.25) is 0 Å². The summed E-state index contributed by atoms with van der Waals surface area (Å²) in [5.74, 6) is 0. The van der Waals surface area contributed by atoms with E-state index in [9.17, 15) is 4.79 Å². The highest BCUT2D eigenvalue weighted by Gasteiger charge is 2.31. The van der Waals surface area contributed by atoms with Crippen LogP contribution in [0.4, 0.5) is 4.79 Å². The van der Waals surface area contributed by atoms with Crippen molar-refractivity contribution >= 4 is 6.09 Å². The Hall–Kier alpha value is -1.03. The molecule has 0 aromatic rings. The number of amides is 1. The van der Waals surface area contributed by atoms with Crippen LogP contribution in [-0.4, -0.2) is 35.2 Å². The first-order valence-electron chi connectivity index (χ1n) is 6.75. The molecule has 1 rings (SSSR count). The zero-order valence-electron chi connectivity index (χ0n) is 12.0. The van der Waals surface area contributed by atoms with Crippen LogP contribution < -0.4 is 5.73 Å². The summed E-state index contributed by atoms with van der Waals surface area (Å²) in [5.41, 5.74) is 5.65. The third-order valence-corrected chi connectivity index (χ3v) is 2.94. The first kappa shape index (κ1) is 15.0. The van der Waals surface area contributed by atoms with E-state index < -0.39 is 5.60 Å². The summed E-state index contributed by atoms with van der Waals surface area (Å²) in [4.78, 5) is 14.0. The van der Waals surface area contributed by atoms with Gasteiger partial charge in [0, 0.05) is 12.6 Å². The molecule has 4 heteroatoms. The van der Waals surface area contributed by atoms with Gasteiger partial charge in [0.1, 0.15) is 5.60 Å². The van der Waals surface area contributed by atoms with Crippen LogP contribution >= 0.6 is 0 Å². The van der Waals surface area contributed by atoms with Crippen molar-refractivity contribution in [1.82, 2.24) is 4.90 Å². The lowest BCUT2D eigenvalue weighted by Crippen LogP contribution is -2.52. The third-order valence-electron chi connectivity index (χ3n) is 2.94. The van der Waals surface area contributed by atoms with E-state index in [1.165, 1.54) is 0 Å². The molecular weight excluding hydrogens is 228 g/mol. The topological polar surface area (TPSA) is 55.6 Å². The van der Waals surface area contributed by atoms with E-state index in [0.717, 1.165) is 19.3 Å². The number of nitrogens with two attached hydrogens (primary N) is 1. The molecule has 18 heavy (non-hydrogen) atoms. The largest absolute Gasteiger partial charge is 0.444 e. The first-order chi connectivity index (χ1) is 8.35. The molecule has 1 amide bonds. The minimum Gasteiger partial charge on any atom is -0.444 e. The lowest BCUT2D eigenvalue weighted by molar-refractivity contribution is 0.0132.